The van der Waals surface area contributed by atoms with Crippen LogP contribution in [0.2, 0.25) is 10.0 Å². The fourth-order valence-corrected chi connectivity index (χ4v) is 3.81. The molecule has 178 valence electrons. The third-order valence-corrected chi connectivity index (χ3v) is 5.92. The molecule has 0 aromatic heterocycles. The highest BCUT2D eigenvalue weighted by Gasteiger charge is 2.31. The summed E-state index contributed by atoms with van der Waals surface area (Å²) < 4.78 is 5.72. The van der Waals surface area contributed by atoms with Crippen LogP contribution in [0.1, 0.15) is 24.5 Å². The number of carbonyl (C=O) groups is 2. The van der Waals surface area contributed by atoms with Gasteiger partial charge in [-0.15, -0.1) is 0 Å². The van der Waals surface area contributed by atoms with E-state index in [0.29, 0.717) is 28.8 Å². The summed E-state index contributed by atoms with van der Waals surface area (Å²) in [5.74, 6) is -0.00876. The van der Waals surface area contributed by atoms with E-state index in [4.69, 9.17) is 27.9 Å². The van der Waals surface area contributed by atoms with Crippen molar-refractivity contribution in [2.75, 3.05) is 13.2 Å². The van der Waals surface area contributed by atoms with Crippen molar-refractivity contribution in [1.82, 2.24) is 10.2 Å². The van der Waals surface area contributed by atoms with Crippen molar-refractivity contribution >= 4 is 35.0 Å². The maximum Gasteiger partial charge on any atom is 0.261 e. The molecule has 0 spiro atoms. The quantitative estimate of drug-likeness (QED) is 0.377. The number of amides is 2. The van der Waals surface area contributed by atoms with E-state index in [9.17, 15) is 9.59 Å². The van der Waals surface area contributed by atoms with Gasteiger partial charge in [0.2, 0.25) is 5.91 Å². The predicted octanol–water partition coefficient (Wildman–Crippen LogP) is 5.54. The maximum atomic E-state index is 13.5. The minimum atomic E-state index is -0.730. The lowest BCUT2D eigenvalue weighted by atomic mass is 10.0. The molecule has 0 saturated carbocycles. The second-order valence-corrected chi connectivity index (χ2v) is 8.70. The summed E-state index contributed by atoms with van der Waals surface area (Å²) in [5.41, 5.74) is 1.71. The molecule has 34 heavy (non-hydrogen) atoms. The molecule has 0 aliphatic rings. The Balaban J connectivity index is 1.89. The molecule has 0 aliphatic carbocycles. The molecule has 5 nitrogen and oxygen atoms in total. The van der Waals surface area contributed by atoms with E-state index in [1.165, 1.54) is 0 Å². The Morgan fingerprint density at radius 2 is 1.62 bits per heavy atom. The molecule has 3 rings (SSSR count). The Kier molecular flexibility index (Phi) is 9.80. The topological polar surface area (TPSA) is 58.6 Å². The number of nitrogens with zero attached hydrogens (tertiary/aromatic N) is 1. The van der Waals surface area contributed by atoms with Crippen LogP contribution >= 0.6 is 23.2 Å². The molecule has 0 saturated heterocycles. The van der Waals surface area contributed by atoms with Gasteiger partial charge in [-0.1, -0.05) is 78.7 Å². The third-order valence-electron chi connectivity index (χ3n) is 5.29. The van der Waals surface area contributed by atoms with E-state index in [0.717, 1.165) is 17.5 Å². The second kappa shape index (κ2) is 13.0. The fraction of sp³-hybridized carbons (Fsp3) is 0.259. The standard InChI is InChI=1S/C27H28Cl2N2O3/c1-2-16-30-27(33)25(17-20-8-4-3-5-9-20)31(18-21-10-6-7-11-24(21)29)26(32)19-34-23-14-12-22(28)13-15-23/h3-15,25H,2,16-19H2,1H3,(H,30,33)/t25-/m1/s1. The summed E-state index contributed by atoms with van der Waals surface area (Å²) in [4.78, 5) is 28.3. The van der Waals surface area contributed by atoms with Crippen LogP contribution in [-0.4, -0.2) is 35.9 Å². The lowest BCUT2D eigenvalue weighted by Crippen LogP contribution is -2.51. The molecule has 0 unspecified atom stereocenters. The highest BCUT2D eigenvalue weighted by Crippen LogP contribution is 2.21. The van der Waals surface area contributed by atoms with Crippen LogP contribution in [0.4, 0.5) is 0 Å². The molecular weight excluding hydrogens is 471 g/mol. The van der Waals surface area contributed by atoms with Crippen LogP contribution in [0, 0.1) is 0 Å². The highest BCUT2D eigenvalue weighted by atomic mass is 35.5. The zero-order valence-corrected chi connectivity index (χ0v) is 20.6. The Labute approximate surface area is 210 Å². The lowest BCUT2D eigenvalue weighted by Gasteiger charge is -2.31. The van der Waals surface area contributed by atoms with Crippen LogP contribution in [-0.2, 0) is 22.6 Å². The maximum absolute atomic E-state index is 13.5. The average molecular weight is 499 g/mol. The Morgan fingerprint density at radius 3 is 2.29 bits per heavy atom. The second-order valence-electron chi connectivity index (χ2n) is 7.85. The van der Waals surface area contributed by atoms with Crippen LogP contribution < -0.4 is 10.1 Å². The van der Waals surface area contributed by atoms with Gasteiger partial charge in [0.15, 0.2) is 6.61 Å². The minimum absolute atomic E-state index is 0.180. The van der Waals surface area contributed by atoms with Gasteiger partial charge in [-0.3, -0.25) is 9.59 Å². The number of hydrogen-bond donors (Lipinski definition) is 1. The van der Waals surface area contributed by atoms with Crippen LogP contribution in [0.5, 0.6) is 5.75 Å². The number of ether oxygens (including phenoxy) is 1. The van der Waals surface area contributed by atoms with Crippen molar-refractivity contribution in [3.63, 3.8) is 0 Å². The molecule has 3 aromatic rings. The fourth-order valence-electron chi connectivity index (χ4n) is 3.49. The van der Waals surface area contributed by atoms with E-state index < -0.39 is 6.04 Å². The smallest absolute Gasteiger partial charge is 0.261 e. The zero-order valence-electron chi connectivity index (χ0n) is 19.0. The summed E-state index contributed by atoms with van der Waals surface area (Å²) in [6.07, 6.45) is 1.16. The number of halogens is 2. The number of benzene rings is 3. The zero-order chi connectivity index (χ0) is 24.3. The van der Waals surface area contributed by atoms with Crippen molar-refractivity contribution in [3.05, 3.63) is 100 Å². The van der Waals surface area contributed by atoms with Crippen LogP contribution in [0.15, 0.2) is 78.9 Å². The number of carbonyl (C=O) groups excluding carboxylic acids is 2. The van der Waals surface area contributed by atoms with Gasteiger partial charge in [-0.05, 0) is 47.9 Å². The molecule has 0 bridgehead atoms. The Hall–Kier alpha value is -3.02. The molecule has 0 aliphatic heterocycles. The minimum Gasteiger partial charge on any atom is -0.484 e. The Bertz CT molecular complexity index is 1070. The van der Waals surface area contributed by atoms with Crippen LogP contribution in [0.3, 0.4) is 0 Å². The molecular formula is C27H28Cl2N2O3. The van der Waals surface area contributed by atoms with Gasteiger partial charge in [0.25, 0.3) is 5.91 Å². The van der Waals surface area contributed by atoms with Gasteiger partial charge in [0.1, 0.15) is 11.8 Å². The van der Waals surface area contributed by atoms with Gasteiger partial charge in [0.05, 0.1) is 0 Å². The average Bonchev–Trinajstić information content (AvgIpc) is 2.85. The van der Waals surface area contributed by atoms with Gasteiger partial charge in [-0.2, -0.15) is 0 Å². The van der Waals surface area contributed by atoms with E-state index in [-0.39, 0.29) is 25.0 Å². The lowest BCUT2D eigenvalue weighted by molar-refractivity contribution is -0.142. The van der Waals surface area contributed by atoms with Crippen molar-refractivity contribution in [2.45, 2.75) is 32.4 Å². The van der Waals surface area contributed by atoms with E-state index in [2.05, 4.69) is 5.32 Å². The highest BCUT2D eigenvalue weighted by molar-refractivity contribution is 6.31. The monoisotopic (exact) mass is 498 g/mol. The summed E-state index contributed by atoms with van der Waals surface area (Å²) in [5, 5.41) is 4.06. The summed E-state index contributed by atoms with van der Waals surface area (Å²) in [6, 6.07) is 23.0. The molecule has 0 heterocycles. The molecule has 2 amide bonds. The molecule has 1 N–H and O–H groups in total. The third kappa shape index (κ3) is 7.51. The normalized spacial score (nSPS) is 11.5. The summed E-state index contributed by atoms with van der Waals surface area (Å²) >= 11 is 12.3. The molecule has 7 heteroatoms. The number of nitrogens with one attached hydrogen (secondary N) is 1. The van der Waals surface area contributed by atoms with Gasteiger partial charge in [0, 0.05) is 29.6 Å². The molecule has 1 atom stereocenters. The largest absolute Gasteiger partial charge is 0.484 e. The van der Waals surface area contributed by atoms with E-state index in [1.807, 2.05) is 55.5 Å². The van der Waals surface area contributed by atoms with Crippen molar-refractivity contribution in [2.24, 2.45) is 0 Å². The molecule has 0 fully saturated rings. The van der Waals surface area contributed by atoms with Crippen molar-refractivity contribution in [3.8, 4) is 5.75 Å². The SMILES string of the molecule is CCCNC(=O)[C@@H](Cc1ccccc1)N(Cc1ccccc1Cl)C(=O)COc1ccc(Cl)cc1. The van der Waals surface area contributed by atoms with Gasteiger partial charge >= 0.3 is 0 Å². The first kappa shape index (κ1) is 25.6. The number of rotatable bonds is 11. The molecule has 3 aromatic carbocycles. The van der Waals surface area contributed by atoms with Gasteiger partial charge in [-0.25, -0.2) is 0 Å². The van der Waals surface area contributed by atoms with Crippen molar-refractivity contribution < 1.29 is 14.3 Å². The Morgan fingerprint density at radius 1 is 0.941 bits per heavy atom. The predicted molar refractivity (Wildman–Crippen MR) is 136 cm³/mol. The van der Waals surface area contributed by atoms with Crippen molar-refractivity contribution in [1.29, 1.82) is 0 Å². The first-order valence-corrected chi connectivity index (χ1v) is 12.0. The summed E-state index contributed by atoms with van der Waals surface area (Å²) in [6.45, 7) is 2.47. The first-order chi connectivity index (χ1) is 16.5. The van der Waals surface area contributed by atoms with E-state index >= 15 is 0 Å². The first-order valence-electron chi connectivity index (χ1n) is 11.2. The molecule has 0 radical (unpaired) electrons. The summed E-state index contributed by atoms with van der Waals surface area (Å²) in [7, 11) is 0. The number of hydrogen-bond acceptors (Lipinski definition) is 3. The van der Waals surface area contributed by atoms with Gasteiger partial charge < -0.3 is 15.0 Å². The van der Waals surface area contributed by atoms with E-state index in [1.54, 1.807) is 35.2 Å². The van der Waals surface area contributed by atoms with Crippen LogP contribution in [0.25, 0.3) is 0 Å².